The van der Waals surface area contributed by atoms with Crippen LogP contribution in [-0.2, 0) is 28.7 Å². The van der Waals surface area contributed by atoms with Gasteiger partial charge in [0.2, 0.25) is 5.69 Å². The van der Waals surface area contributed by atoms with Gasteiger partial charge in [0.1, 0.15) is 13.7 Å². The number of carbonyl (C=O) groups is 1. The van der Waals surface area contributed by atoms with Crippen molar-refractivity contribution in [3.8, 4) is 0 Å². The summed E-state index contributed by atoms with van der Waals surface area (Å²) in [7, 11) is 4.19. The van der Waals surface area contributed by atoms with E-state index in [1.807, 2.05) is 18.2 Å². The lowest BCUT2D eigenvalue weighted by molar-refractivity contribution is -0.401. The highest BCUT2D eigenvalue weighted by atomic mass is 17.1. The van der Waals surface area contributed by atoms with E-state index in [4.69, 9.17) is 5.26 Å². The number of nitrogens with zero attached hydrogens (tertiary/aromatic N) is 2. The molecule has 2 heterocycles. The third kappa shape index (κ3) is 5.46. The van der Waals surface area contributed by atoms with Gasteiger partial charge >= 0.3 is 5.97 Å². The molecule has 0 amide bonds. The standard InChI is InChI=1S/C40H42N2O4/c1-39(2)32-23-27(25-46-45)12-18-34(32)41(5)36(39)20-16-28-13-14-29(31(28)22-26-10-8-7-9-11-26)17-21-37-40(3,4)33-24-30(38(43)44)15-19-35(33)42(37)6/h7-12,15-21,23-24H,13-14,22,25H2,1-6H3,(H-,43,44,45)/p+1. The summed E-state index contributed by atoms with van der Waals surface area (Å²) in [5, 5.41) is 18.6. The summed E-state index contributed by atoms with van der Waals surface area (Å²) < 4.78 is 2.19. The molecule has 0 aromatic heterocycles. The Morgan fingerprint density at radius 2 is 1.67 bits per heavy atom. The minimum Gasteiger partial charge on any atom is -0.478 e. The van der Waals surface area contributed by atoms with Crippen molar-refractivity contribution in [1.29, 1.82) is 0 Å². The van der Waals surface area contributed by atoms with Crippen LogP contribution >= 0.6 is 0 Å². The maximum Gasteiger partial charge on any atom is 0.335 e. The maximum absolute atomic E-state index is 11.7. The zero-order valence-corrected chi connectivity index (χ0v) is 27.6. The fourth-order valence-electron chi connectivity index (χ4n) is 7.55. The highest BCUT2D eigenvalue weighted by Crippen LogP contribution is 2.48. The van der Waals surface area contributed by atoms with E-state index in [0.29, 0.717) is 5.56 Å². The van der Waals surface area contributed by atoms with Crippen LogP contribution < -0.4 is 4.90 Å². The van der Waals surface area contributed by atoms with Crippen molar-refractivity contribution in [3.63, 3.8) is 0 Å². The van der Waals surface area contributed by atoms with Crippen LogP contribution in [0.2, 0.25) is 0 Å². The summed E-state index contributed by atoms with van der Waals surface area (Å²) in [5.74, 6) is -0.904. The van der Waals surface area contributed by atoms with Gasteiger partial charge < -0.3 is 10.0 Å². The number of hydrogen-bond donors (Lipinski definition) is 2. The topological polar surface area (TPSA) is 73.0 Å². The van der Waals surface area contributed by atoms with Gasteiger partial charge in [0.25, 0.3) is 0 Å². The van der Waals surface area contributed by atoms with Gasteiger partial charge in [-0.3, -0.25) is 5.26 Å². The fraction of sp³-hybridized carbons (Fsp3) is 0.300. The summed E-state index contributed by atoms with van der Waals surface area (Å²) >= 11 is 0. The lowest BCUT2D eigenvalue weighted by atomic mass is 9.80. The summed E-state index contributed by atoms with van der Waals surface area (Å²) in [6.45, 7) is 9.01. The summed E-state index contributed by atoms with van der Waals surface area (Å²) in [6, 6.07) is 22.3. The lowest BCUT2D eigenvalue weighted by Crippen LogP contribution is -2.26. The molecule has 0 atom stereocenters. The molecular formula is C40H43N2O4+. The molecule has 2 N–H and O–H groups in total. The first kappa shape index (κ1) is 31.5. The highest BCUT2D eigenvalue weighted by Gasteiger charge is 2.43. The number of benzene rings is 3. The van der Waals surface area contributed by atoms with Gasteiger partial charge in [-0.25, -0.2) is 9.68 Å². The van der Waals surface area contributed by atoms with Gasteiger partial charge in [-0.1, -0.05) is 68.5 Å². The average Bonchev–Trinajstić information content (AvgIpc) is 3.56. The second-order valence-electron chi connectivity index (χ2n) is 13.7. The Morgan fingerprint density at radius 1 is 0.913 bits per heavy atom. The van der Waals surface area contributed by atoms with Crippen molar-refractivity contribution in [2.45, 2.75) is 64.4 Å². The smallest absolute Gasteiger partial charge is 0.335 e. The van der Waals surface area contributed by atoms with Crippen LogP contribution in [0, 0.1) is 0 Å². The van der Waals surface area contributed by atoms with Crippen molar-refractivity contribution in [2.24, 2.45) is 0 Å². The van der Waals surface area contributed by atoms with E-state index in [2.05, 4.69) is 123 Å². The molecule has 0 radical (unpaired) electrons. The number of hydrogen-bond acceptors (Lipinski definition) is 4. The first-order chi connectivity index (χ1) is 21.9. The molecule has 6 nitrogen and oxygen atoms in total. The largest absolute Gasteiger partial charge is 0.478 e. The first-order valence-corrected chi connectivity index (χ1v) is 15.9. The minimum absolute atomic E-state index is 0.168. The number of fused-ring (bicyclic) bond motifs is 2. The molecule has 0 bridgehead atoms. The van der Waals surface area contributed by atoms with Crippen LogP contribution in [0.1, 0.15) is 73.1 Å². The van der Waals surface area contributed by atoms with Crippen molar-refractivity contribution in [2.75, 3.05) is 19.0 Å². The number of aromatic carboxylic acids is 1. The molecule has 1 aliphatic carbocycles. The van der Waals surface area contributed by atoms with E-state index in [-0.39, 0.29) is 17.4 Å². The minimum atomic E-state index is -0.904. The van der Waals surface area contributed by atoms with Gasteiger partial charge in [-0.2, -0.15) is 4.58 Å². The highest BCUT2D eigenvalue weighted by molar-refractivity contribution is 6.04. The second-order valence-corrected chi connectivity index (χ2v) is 13.7. The Morgan fingerprint density at radius 3 is 2.39 bits per heavy atom. The zero-order chi connectivity index (χ0) is 32.8. The van der Waals surface area contributed by atoms with E-state index >= 15 is 0 Å². The Hall–Kier alpha value is -4.52. The molecule has 236 valence electrons. The summed E-state index contributed by atoms with van der Waals surface area (Å²) in [5.41, 5.74) is 12.9. The van der Waals surface area contributed by atoms with E-state index in [1.54, 1.807) is 6.07 Å². The quantitative estimate of drug-likeness (QED) is 0.151. The average molecular weight is 616 g/mol. The van der Waals surface area contributed by atoms with Crippen molar-refractivity contribution >= 4 is 23.1 Å². The third-order valence-corrected chi connectivity index (χ3v) is 10.2. The number of carboxylic acids is 1. The number of rotatable bonds is 8. The van der Waals surface area contributed by atoms with Crippen molar-refractivity contribution < 1.29 is 24.6 Å². The SMILES string of the molecule is CN1C(=CC=C2CCC(C=CC3=[N+](C)c4ccc(C(=O)O)cc4C3(C)C)=C2Cc2ccccc2)C(C)(C)c2cc(COO)ccc21. The molecule has 6 heteroatoms. The van der Waals surface area contributed by atoms with Crippen molar-refractivity contribution in [3.05, 3.63) is 141 Å². The van der Waals surface area contributed by atoms with Crippen LogP contribution in [-0.4, -0.2) is 40.7 Å². The van der Waals surface area contributed by atoms with Crippen LogP contribution in [0.15, 0.2) is 113 Å². The molecule has 6 rings (SSSR count). The van der Waals surface area contributed by atoms with Crippen LogP contribution in [0.5, 0.6) is 0 Å². The molecule has 0 unspecified atom stereocenters. The van der Waals surface area contributed by atoms with Crippen LogP contribution in [0.3, 0.4) is 0 Å². The van der Waals surface area contributed by atoms with Crippen LogP contribution in [0.4, 0.5) is 11.4 Å². The molecule has 0 saturated heterocycles. The van der Waals surface area contributed by atoms with Gasteiger partial charge in [0.15, 0.2) is 5.71 Å². The first-order valence-electron chi connectivity index (χ1n) is 15.9. The van der Waals surface area contributed by atoms with Gasteiger partial charge in [0.05, 0.1) is 11.0 Å². The molecule has 3 aromatic rings. The molecule has 0 spiro atoms. The second kappa shape index (κ2) is 12.0. The van der Waals surface area contributed by atoms with E-state index < -0.39 is 5.97 Å². The predicted octanol–water partition coefficient (Wildman–Crippen LogP) is 8.51. The normalized spacial score (nSPS) is 20.0. The Labute approximate surface area is 271 Å². The fourth-order valence-corrected chi connectivity index (χ4v) is 7.55. The Kier molecular flexibility index (Phi) is 8.21. The van der Waals surface area contributed by atoms with Crippen LogP contribution in [0.25, 0.3) is 0 Å². The van der Waals surface area contributed by atoms with Gasteiger partial charge in [-0.05, 0) is 90.8 Å². The van der Waals surface area contributed by atoms with E-state index in [0.717, 1.165) is 41.8 Å². The molecule has 46 heavy (non-hydrogen) atoms. The maximum atomic E-state index is 11.7. The number of likely N-dealkylation sites (N-methyl/N-ethyl adjacent to an activating group) is 1. The molecule has 0 fully saturated rings. The molecular weight excluding hydrogens is 572 g/mol. The number of anilines is 1. The number of allylic oxidation sites excluding steroid dienone is 8. The van der Waals surface area contributed by atoms with Gasteiger partial charge in [0, 0.05) is 41.6 Å². The predicted molar refractivity (Wildman–Crippen MR) is 184 cm³/mol. The zero-order valence-electron chi connectivity index (χ0n) is 27.6. The van der Waals surface area contributed by atoms with E-state index in [9.17, 15) is 9.90 Å². The summed E-state index contributed by atoms with van der Waals surface area (Å²) in [4.78, 5) is 18.4. The Bertz CT molecular complexity index is 1870. The van der Waals surface area contributed by atoms with Gasteiger partial charge in [-0.15, -0.1) is 0 Å². The Balaban J connectivity index is 1.37. The van der Waals surface area contributed by atoms with Crippen molar-refractivity contribution in [1.82, 2.24) is 0 Å². The monoisotopic (exact) mass is 615 g/mol. The third-order valence-electron chi connectivity index (χ3n) is 10.2. The summed E-state index contributed by atoms with van der Waals surface area (Å²) in [6.07, 6.45) is 11.9. The number of carboxylic acid groups (broad SMARTS) is 1. The lowest BCUT2D eigenvalue weighted by Gasteiger charge is -2.24. The molecule has 0 saturated carbocycles. The molecule has 3 aromatic carbocycles. The molecule has 3 aliphatic rings. The molecule has 2 aliphatic heterocycles. The van der Waals surface area contributed by atoms with E-state index in [1.165, 1.54) is 39.2 Å².